The third-order valence-corrected chi connectivity index (χ3v) is 4.08. The Morgan fingerprint density at radius 3 is 2.59 bits per heavy atom. The van der Waals surface area contributed by atoms with Gasteiger partial charge in [0.05, 0.1) is 11.7 Å². The topological polar surface area (TPSA) is 18.5 Å². The number of unbranched alkanes of at least 4 members (excludes halogenated alkanes) is 2. The maximum Gasteiger partial charge on any atom is 0.181 e. The van der Waals surface area contributed by atoms with E-state index in [-0.39, 0.29) is 18.0 Å². The molecular weight excluding hydrogens is 272 g/mol. The molecule has 0 N–H and O–H groups in total. The van der Waals surface area contributed by atoms with Crippen molar-refractivity contribution in [2.75, 3.05) is 0 Å². The minimum atomic E-state index is -0.212. The van der Waals surface area contributed by atoms with Crippen LogP contribution in [0.25, 0.3) is 6.08 Å². The molecule has 1 aromatic carbocycles. The van der Waals surface area contributed by atoms with Gasteiger partial charge in [-0.1, -0.05) is 56.2 Å². The summed E-state index contributed by atoms with van der Waals surface area (Å²) in [5, 5.41) is 0. The molecule has 0 aromatic heterocycles. The summed E-state index contributed by atoms with van der Waals surface area (Å²) >= 11 is 0. The second-order valence-corrected chi connectivity index (χ2v) is 6.95. The highest BCUT2D eigenvalue weighted by molar-refractivity contribution is 5.53. The average molecular weight is 302 g/mol. The second-order valence-electron chi connectivity index (χ2n) is 6.95. The van der Waals surface area contributed by atoms with Gasteiger partial charge >= 0.3 is 0 Å². The summed E-state index contributed by atoms with van der Waals surface area (Å²) in [6.45, 7) is 8.69. The zero-order valence-electron chi connectivity index (χ0n) is 14.5. The van der Waals surface area contributed by atoms with Crippen LogP contribution in [0, 0.1) is 0 Å². The van der Waals surface area contributed by atoms with E-state index in [9.17, 15) is 0 Å². The Balaban J connectivity index is 2.18. The first-order chi connectivity index (χ1) is 10.5. The lowest BCUT2D eigenvalue weighted by molar-refractivity contribution is -0.252. The van der Waals surface area contributed by atoms with Crippen LogP contribution >= 0.6 is 0 Å². The van der Waals surface area contributed by atoms with Crippen molar-refractivity contribution in [3.05, 3.63) is 41.5 Å². The van der Waals surface area contributed by atoms with Gasteiger partial charge in [-0.25, -0.2) is 0 Å². The summed E-state index contributed by atoms with van der Waals surface area (Å²) < 4.78 is 12.3. The number of ether oxygens (including phenoxy) is 2. The molecular formula is C20H30O2. The van der Waals surface area contributed by atoms with Gasteiger partial charge in [-0.05, 0) is 44.7 Å². The zero-order chi connectivity index (χ0) is 16.0. The Hall–Kier alpha value is -1.12. The lowest BCUT2D eigenvalue weighted by Crippen LogP contribution is -2.43. The Labute approximate surface area is 135 Å². The smallest absolute Gasteiger partial charge is 0.181 e. The molecule has 2 nitrogen and oxygen atoms in total. The summed E-state index contributed by atoms with van der Waals surface area (Å²) in [5.74, 6) is 0. The molecule has 0 radical (unpaired) electrons. The van der Waals surface area contributed by atoms with Gasteiger partial charge < -0.3 is 9.47 Å². The average Bonchev–Trinajstić information content (AvgIpc) is 2.45. The van der Waals surface area contributed by atoms with E-state index >= 15 is 0 Å². The SMILES string of the molecule is CCCCCC(=Cc1ccccc1)C1OC(C)CC(C)(C)O1. The van der Waals surface area contributed by atoms with E-state index in [1.54, 1.807) is 0 Å². The largest absolute Gasteiger partial charge is 0.346 e. The molecule has 1 aromatic rings. The molecule has 2 atom stereocenters. The van der Waals surface area contributed by atoms with Crippen LogP contribution in [0.1, 0.15) is 65.4 Å². The monoisotopic (exact) mass is 302 g/mol. The number of benzene rings is 1. The van der Waals surface area contributed by atoms with Crippen LogP contribution < -0.4 is 0 Å². The molecule has 2 rings (SSSR count). The van der Waals surface area contributed by atoms with Crippen molar-refractivity contribution in [3.8, 4) is 0 Å². The number of hydrogen-bond acceptors (Lipinski definition) is 2. The molecule has 2 unspecified atom stereocenters. The Morgan fingerprint density at radius 1 is 1.23 bits per heavy atom. The van der Waals surface area contributed by atoms with E-state index in [0.717, 1.165) is 12.8 Å². The van der Waals surface area contributed by atoms with Crippen LogP contribution in [0.15, 0.2) is 35.9 Å². The van der Waals surface area contributed by atoms with Crippen molar-refractivity contribution in [3.63, 3.8) is 0 Å². The molecule has 1 heterocycles. The fourth-order valence-corrected chi connectivity index (χ4v) is 3.08. The standard InChI is InChI=1S/C20H30O2/c1-5-6-8-13-18(14-17-11-9-7-10-12-17)19-21-16(2)15-20(3,4)22-19/h7,9-12,14,16,19H,5-6,8,13,15H2,1-4H3. The maximum atomic E-state index is 6.22. The molecule has 1 aliphatic rings. The van der Waals surface area contributed by atoms with E-state index in [4.69, 9.17) is 9.47 Å². The zero-order valence-corrected chi connectivity index (χ0v) is 14.5. The van der Waals surface area contributed by atoms with Crippen molar-refractivity contribution in [2.24, 2.45) is 0 Å². The highest BCUT2D eigenvalue weighted by atomic mass is 16.7. The molecule has 22 heavy (non-hydrogen) atoms. The van der Waals surface area contributed by atoms with Crippen LogP contribution in [0.3, 0.4) is 0 Å². The Bertz CT molecular complexity index is 476. The minimum Gasteiger partial charge on any atom is -0.346 e. The van der Waals surface area contributed by atoms with Gasteiger partial charge in [0.2, 0.25) is 0 Å². The quantitative estimate of drug-likeness (QED) is 0.639. The van der Waals surface area contributed by atoms with Crippen LogP contribution in [-0.2, 0) is 9.47 Å². The van der Waals surface area contributed by atoms with Gasteiger partial charge in [0.1, 0.15) is 0 Å². The van der Waals surface area contributed by atoms with E-state index in [1.165, 1.54) is 30.4 Å². The predicted octanol–water partition coefficient (Wildman–Crippen LogP) is 5.58. The fraction of sp³-hybridized carbons (Fsp3) is 0.600. The Morgan fingerprint density at radius 2 is 1.95 bits per heavy atom. The highest BCUT2D eigenvalue weighted by Crippen LogP contribution is 2.32. The maximum absolute atomic E-state index is 6.22. The van der Waals surface area contributed by atoms with Gasteiger partial charge in [-0.3, -0.25) is 0 Å². The summed E-state index contributed by atoms with van der Waals surface area (Å²) in [6, 6.07) is 10.5. The first-order valence-electron chi connectivity index (χ1n) is 8.59. The molecule has 1 saturated heterocycles. The normalized spacial score (nSPS) is 25.2. The Kier molecular flexibility index (Phi) is 6.22. The molecule has 0 amide bonds. The molecule has 1 aliphatic heterocycles. The lowest BCUT2D eigenvalue weighted by atomic mass is 9.97. The molecule has 2 heteroatoms. The summed E-state index contributed by atoms with van der Waals surface area (Å²) in [5.41, 5.74) is 2.36. The minimum absolute atomic E-state index is 0.122. The molecule has 0 aliphatic carbocycles. The highest BCUT2D eigenvalue weighted by Gasteiger charge is 2.34. The molecule has 1 fully saturated rings. The third kappa shape index (κ3) is 5.26. The summed E-state index contributed by atoms with van der Waals surface area (Å²) in [7, 11) is 0. The van der Waals surface area contributed by atoms with Gasteiger partial charge in [0.25, 0.3) is 0 Å². The van der Waals surface area contributed by atoms with Crippen LogP contribution in [-0.4, -0.2) is 18.0 Å². The molecule has 0 spiro atoms. The van der Waals surface area contributed by atoms with Gasteiger partial charge in [0, 0.05) is 6.42 Å². The summed E-state index contributed by atoms with van der Waals surface area (Å²) in [6.07, 6.45) is 7.91. The number of hydrogen-bond donors (Lipinski definition) is 0. The predicted molar refractivity (Wildman–Crippen MR) is 92.7 cm³/mol. The van der Waals surface area contributed by atoms with Crippen molar-refractivity contribution >= 4 is 6.08 Å². The van der Waals surface area contributed by atoms with Crippen molar-refractivity contribution in [2.45, 2.75) is 77.8 Å². The third-order valence-electron chi connectivity index (χ3n) is 4.08. The molecule has 122 valence electrons. The van der Waals surface area contributed by atoms with Gasteiger partial charge in [-0.2, -0.15) is 0 Å². The van der Waals surface area contributed by atoms with Gasteiger partial charge in [-0.15, -0.1) is 0 Å². The first-order valence-corrected chi connectivity index (χ1v) is 8.59. The van der Waals surface area contributed by atoms with E-state index in [1.807, 2.05) is 6.07 Å². The van der Waals surface area contributed by atoms with Crippen molar-refractivity contribution in [1.29, 1.82) is 0 Å². The van der Waals surface area contributed by atoms with Crippen LogP contribution in [0.2, 0.25) is 0 Å². The number of rotatable bonds is 6. The first kappa shape index (κ1) is 17.2. The second kappa shape index (κ2) is 7.94. The van der Waals surface area contributed by atoms with E-state index in [2.05, 4.69) is 58.0 Å². The molecule has 0 bridgehead atoms. The van der Waals surface area contributed by atoms with Crippen LogP contribution in [0.5, 0.6) is 0 Å². The van der Waals surface area contributed by atoms with E-state index in [0.29, 0.717) is 0 Å². The summed E-state index contributed by atoms with van der Waals surface area (Å²) in [4.78, 5) is 0. The van der Waals surface area contributed by atoms with Gasteiger partial charge in [0.15, 0.2) is 6.29 Å². The van der Waals surface area contributed by atoms with E-state index < -0.39 is 0 Å². The van der Waals surface area contributed by atoms with Crippen molar-refractivity contribution < 1.29 is 9.47 Å². The van der Waals surface area contributed by atoms with Crippen LogP contribution in [0.4, 0.5) is 0 Å². The molecule has 0 saturated carbocycles. The van der Waals surface area contributed by atoms with Crippen molar-refractivity contribution in [1.82, 2.24) is 0 Å². The lowest BCUT2D eigenvalue weighted by Gasteiger charge is -2.40. The fourth-order valence-electron chi connectivity index (χ4n) is 3.08.